The topological polar surface area (TPSA) is 63.7 Å². The third-order valence-corrected chi connectivity index (χ3v) is 7.15. The molecule has 5 nitrogen and oxygen atoms in total. The Kier molecular flexibility index (Phi) is 6.90. The lowest BCUT2D eigenvalue weighted by molar-refractivity contribution is -0.139. The quantitative estimate of drug-likeness (QED) is 0.482. The highest BCUT2D eigenvalue weighted by Gasteiger charge is 2.43. The number of esters is 1. The predicted molar refractivity (Wildman–Crippen MR) is 117 cm³/mol. The highest BCUT2D eigenvalue weighted by atomic mass is 32.2. The van der Waals surface area contributed by atoms with E-state index in [0.29, 0.717) is 18.4 Å². The Morgan fingerprint density at radius 1 is 1.17 bits per heavy atom. The molecule has 0 spiro atoms. The van der Waals surface area contributed by atoms with Crippen molar-refractivity contribution in [1.82, 2.24) is 4.31 Å². The Morgan fingerprint density at radius 2 is 1.83 bits per heavy atom. The van der Waals surface area contributed by atoms with Crippen LogP contribution in [0.4, 0.5) is 0 Å². The number of ether oxygens (including phenoxy) is 1. The molecule has 0 aliphatic carbocycles. The first kappa shape index (κ1) is 22.0. The molecule has 0 radical (unpaired) electrons. The third-order valence-electron chi connectivity index (χ3n) is 5.22. The van der Waals surface area contributed by atoms with Gasteiger partial charge in [0.1, 0.15) is 0 Å². The van der Waals surface area contributed by atoms with E-state index in [2.05, 4.69) is 6.58 Å². The number of carbonyl (C=O) groups excluding carboxylic acids is 1. The molecule has 0 aromatic heterocycles. The second-order valence-corrected chi connectivity index (χ2v) is 9.07. The molecule has 30 heavy (non-hydrogen) atoms. The summed E-state index contributed by atoms with van der Waals surface area (Å²) in [5.41, 5.74) is 2.21. The number of nitrogens with zero attached hydrogens (tertiary/aromatic N) is 1. The smallest absolute Gasteiger partial charge is 0.335 e. The molecule has 158 valence electrons. The monoisotopic (exact) mass is 425 g/mol. The molecule has 0 saturated heterocycles. The van der Waals surface area contributed by atoms with Gasteiger partial charge < -0.3 is 4.74 Å². The zero-order chi connectivity index (χ0) is 21.7. The summed E-state index contributed by atoms with van der Waals surface area (Å²) in [6, 6.07) is 15.2. The van der Waals surface area contributed by atoms with Crippen LogP contribution in [0.2, 0.25) is 0 Å². The van der Waals surface area contributed by atoms with Crippen LogP contribution in [-0.4, -0.2) is 31.3 Å². The van der Waals surface area contributed by atoms with Crippen LogP contribution in [0.25, 0.3) is 0 Å². The third kappa shape index (κ3) is 4.40. The first-order chi connectivity index (χ1) is 14.4. The van der Waals surface area contributed by atoms with Crippen LogP contribution >= 0.6 is 0 Å². The summed E-state index contributed by atoms with van der Waals surface area (Å²) >= 11 is 0. The highest BCUT2D eigenvalue weighted by Crippen LogP contribution is 2.40. The van der Waals surface area contributed by atoms with E-state index in [1.165, 1.54) is 4.31 Å². The molecule has 6 heteroatoms. The molecule has 1 aliphatic heterocycles. The second-order valence-electron chi connectivity index (χ2n) is 7.23. The van der Waals surface area contributed by atoms with Crippen LogP contribution < -0.4 is 0 Å². The molecule has 3 rings (SSSR count). The van der Waals surface area contributed by atoms with E-state index in [9.17, 15) is 13.2 Å². The zero-order valence-corrected chi connectivity index (χ0v) is 18.1. The normalized spacial score (nSPS) is 19.7. The van der Waals surface area contributed by atoms with Crippen LogP contribution in [0.3, 0.4) is 0 Å². The summed E-state index contributed by atoms with van der Waals surface area (Å²) in [4.78, 5) is 12.8. The summed E-state index contributed by atoms with van der Waals surface area (Å²) in [5, 5.41) is 0. The summed E-state index contributed by atoms with van der Waals surface area (Å²) < 4.78 is 34.3. The van der Waals surface area contributed by atoms with Crippen molar-refractivity contribution in [3.63, 3.8) is 0 Å². The fraction of sp³-hybridized carbons (Fsp3) is 0.292. The van der Waals surface area contributed by atoms with Gasteiger partial charge in [-0.3, -0.25) is 0 Å². The van der Waals surface area contributed by atoms with E-state index in [1.54, 1.807) is 37.3 Å². The lowest BCUT2D eigenvalue weighted by atomic mass is 9.91. The van der Waals surface area contributed by atoms with Crippen LogP contribution in [0.1, 0.15) is 36.9 Å². The maximum Gasteiger partial charge on any atom is 0.335 e. The van der Waals surface area contributed by atoms with E-state index in [4.69, 9.17) is 4.74 Å². The fourth-order valence-corrected chi connectivity index (χ4v) is 5.58. The molecular formula is C24H27NO4S. The highest BCUT2D eigenvalue weighted by molar-refractivity contribution is 7.89. The summed E-state index contributed by atoms with van der Waals surface area (Å²) in [7, 11) is -3.89. The van der Waals surface area contributed by atoms with Crippen molar-refractivity contribution in [2.45, 2.75) is 43.7 Å². The Hall–Kier alpha value is -2.70. The van der Waals surface area contributed by atoms with Crippen LogP contribution in [0.15, 0.2) is 83.8 Å². The van der Waals surface area contributed by atoms with Crippen molar-refractivity contribution in [2.75, 3.05) is 6.61 Å². The lowest BCUT2D eigenvalue weighted by Crippen LogP contribution is -2.47. The average molecular weight is 426 g/mol. The van der Waals surface area contributed by atoms with Gasteiger partial charge in [0.15, 0.2) is 0 Å². The summed E-state index contributed by atoms with van der Waals surface area (Å²) in [5.74, 6) is -0.486. The van der Waals surface area contributed by atoms with Crippen molar-refractivity contribution in [1.29, 1.82) is 0 Å². The van der Waals surface area contributed by atoms with Crippen LogP contribution in [0, 0.1) is 6.92 Å². The molecule has 0 fully saturated rings. The first-order valence-electron chi connectivity index (χ1n) is 10.0. The van der Waals surface area contributed by atoms with Crippen molar-refractivity contribution in [2.24, 2.45) is 0 Å². The first-order valence-corrected chi connectivity index (χ1v) is 11.5. The standard InChI is InChI=1S/C24H27NO4S/c1-4-9-23-21(24(26)29-5-2)16-17-22(19-10-7-6-8-11-19)25(23)30(27,28)20-14-12-18(3)13-15-20/h4,6-8,10-16,22-23H,1,5,9,17H2,2-3H3/t22-,23-/m0/s1. The second kappa shape index (κ2) is 9.41. The molecule has 2 aromatic rings. The Bertz CT molecular complexity index is 1030. The van der Waals surface area contributed by atoms with Gasteiger partial charge >= 0.3 is 5.97 Å². The van der Waals surface area contributed by atoms with Gasteiger partial charge in [0.05, 0.1) is 29.2 Å². The van der Waals surface area contributed by atoms with Crippen molar-refractivity contribution < 1.29 is 17.9 Å². The molecule has 0 amide bonds. The maximum atomic E-state index is 13.8. The average Bonchev–Trinajstić information content (AvgIpc) is 2.74. The SMILES string of the molecule is C=CC[C@H]1C(C(=O)OCC)=CC[C@@H](c2ccccc2)N1S(=O)(=O)c1ccc(C)cc1. The molecule has 0 saturated carbocycles. The molecule has 2 atom stereocenters. The molecule has 2 aromatic carbocycles. The van der Waals surface area contributed by atoms with Gasteiger partial charge in [-0.2, -0.15) is 4.31 Å². The number of hydrogen-bond acceptors (Lipinski definition) is 4. The van der Waals surface area contributed by atoms with E-state index >= 15 is 0 Å². The minimum absolute atomic E-state index is 0.202. The van der Waals surface area contributed by atoms with Crippen molar-refractivity contribution >= 4 is 16.0 Å². The Morgan fingerprint density at radius 3 is 2.43 bits per heavy atom. The minimum atomic E-state index is -3.89. The Labute approximate surface area is 178 Å². The summed E-state index contributed by atoms with van der Waals surface area (Å²) in [6.45, 7) is 7.66. The van der Waals surface area contributed by atoms with Gasteiger partial charge in [0, 0.05) is 0 Å². The van der Waals surface area contributed by atoms with Gasteiger partial charge in [-0.1, -0.05) is 60.2 Å². The van der Waals surface area contributed by atoms with E-state index in [0.717, 1.165) is 11.1 Å². The van der Waals surface area contributed by atoms with E-state index in [-0.39, 0.29) is 11.5 Å². The number of rotatable bonds is 7. The van der Waals surface area contributed by atoms with Crippen molar-refractivity contribution in [3.05, 3.63) is 90.0 Å². The zero-order valence-electron chi connectivity index (χ0n) is 17.3. The molecule has 0 unspecified atom stereocenters. The molecule has 1 aliphatic rings. The van der Waals surface area contributed by atoms with Crippen LogP contribution in [-0.2, 0) is 19.6 Å². The van der Waals surface area contributed by atoms with Gasteiger partial charge in [-0.25, -0.2) is 13.2 Å². The largest absolute Gasteiger partial charge is 0.463 e. The number of benzene rings is 2. The maximum absolute atomic E-state index is 13.8. The van der Waals surface area contributed by atoms with Gasteiger partial charge in [-0.15, -0.1) is 6.58 Å². The van der Waals surface area contributed by atoms with E-state index in [1.807, 2.05) is 43.3 Å². The minimum Gasteiger partial charge on any atom is -0.463 e. The van der Waals surface area contributed by atoms with Crippen LogP contribution in [0.5, 0.6) is 0 Å². The molecule has 0 bridgehead atoms. The predicted octanol–water partition coefficient (Wildman–Crippen LogP) is 4.56. The van der Waals surface area contributed by atoms with Crippen molar-refractivity contribution in [3.8, 4) is 0 Å². The molecule has 1 heterocycles. The number of hydrogen-bond donors (Lipinski definition) is 0. The Balaban J connectivity index is 2.17. The summed E-state index contributed by atoms with van der Waals surface area (Å²) in [6.07, 6.45) is 4.14. The fourth-order valence-electron chi connectivity index (χ4n) is 3.78. The molecular weight excluding hydrogens is 398 g/mol. The number of carbonyl (C=O) groups is 1. The van der Waals surface area contributed by atoms with Gasteiger partial charge in [-0.05, 0) is 44.4 Å². The van der Waals surface area contributed by atoms with E-state index < -0.39 is 28.1 Å². The van der Waals surface area contributed by atoms with Gasteiger partial charge in [0.2, 0.25) is 10.0 Å². The number of sulfonamides is 1. The number of aryl methyl sites for hydroxylation is 1. The van der Waals surface area contributed by atoms with Gasteiger partial charge in [0.25, 0.3) is 0 Å². The lowest BCUT2D eigenvalue weighted by Gasteiger charge is -2.40. The molecule has 0 N–H and O–H groups in total.